The quantitative estimate of drug-likeness (QED) is 0.881. The third-order valence-electron chi connectivity index (χ3n) is 3.44. The molecular weight excluding hydrogens is 302 g/mol. The van der Waals surface area contributed by atoms with Gasteiger partial charge < -0.3 is 10.6 Å². The molecule has 5 nitrogen and oxygen atoms in total. The number of anilines is 1. The fraction of sp³-hybridized carbons (Fsp3) is 0.462. The second kappa shape index (κ2) is 5.97. The minimum atomic E-state index is -3.02. The van der Waals surface area contributed by atoms with Crippen molar-refractivity contribution in [3.63, 3.8) is 0 Å². The molecule has 1 aromatic rings. The van der Waals surface area contributed by atoms with E-state index < -0.39 is 27.4 Å². The predicted octanol–water partition coefficient (Wildman–Crippen LogP) is 1.31. The smallest absolute Gasteiger partial charge is 0.251 e. The fourth-order valence-corrected chi connectivity index (χ4v) is 3.74. The van der Waals surface area contributed by atoms with E-state index in [-0.39, 0.29) is 28.8 Å². The number of rotatable bonds is 3. The lowest BCUT2D eigenvalue weighted by Gasteiger charge is -2.23. The first kappa shape index (κ1) is 15.7. The Labute approximate surface area is 121 Å². The van der Waals surface area contributed by atoms with Crippen LogP contribution in [0.15, 0.2) is 12.1 Å². The molecule has 0 atom stereocenters. The molecular formula is C13H16F2N2O3S. The van der Waals surface area contributed by atoms with E-state index in [1.165, 1.54) is 7.05 Å². The molecule has 1 saturated heterocycles. The van der Waals surface area contributed by atoms with Crippen molar-refractivity contribution < 1.29 is 22.0 Å². The van der Waals surface area contributed by atoms with Crippen molar-refractivity contribution in [1.82, 2.24) is 5.32 Å². The predicted molar refractivity (Wildman–Crippen MR) is 75.0 cm³/mol. The first-order chi connectivity index (χ1) is 9.82. The Kier molecular flexibility index (Phi) is 4.46. The van der Waals surface area contributed by atoms with Crippen LogP contribution in [0.3, 0.4) is 0 Å². The summed E-state index contributed by atoms with van der Waals surface area (Å²) in [6.45, 7) is 0. The summed E-state index contributed by atoms with van der Waals surface area (Å²) in [4.78, 5) is 12.0. The highest BCUT2D eigenvalue weighted by atomic mass is 32.2. The molecule has 0 spiro atoms. The molecule has 0 saturated carbocycles. The van der Waals surface area contributed by atoms with Gasteiger partial charge in [-0.25, -0.2) is 17.2 Å². The van der Waals surface area contributed by atoms with E-state index in [4.69, 9.17) is 0 Å². The molecule has 2 N–H and O–H groups in total. The van der Waals surface area contributed by atoms with Crippen LogP contribution in [-0.2, 0) is 9.84 Å². The van der Waals surface area contributed by atoms with E-state index in [2.05, 4.69) is 10.6 Å². The minimum absolute atomic E-state index is 0.0133. The van der Waals surface area contributed by atoms with E-state index >= 15 is 0 Å². The highest BCUT2D eigenvalue weighted by molar-refractivity contribution is 7.91. The van der Waals surface area contributed by atoms with Gasteiger partial charge in [0.15, 0.2) is 0 Å². The SMILES string of the molecule is CNc1c(F)cc(C(=O)NC2CCS(=O)(=O)CC2)cc1F. The van der Waals surface area contributed by atoms with Crippen molar-refractivity contribution in [3.05, 3.63) is 29.3 Å². The molecule has 0 unspecified atom stereocenters. The number of amides is 1. The lowest BCUT2D eigenvalue weighted by molar-refractivity contribution is 0.0933. The van der Waals surface area contributed by atoms with Crippen LogP contribution in [0.1, 0.15) is 23.2 Å². The van der Waals surface area contributed by atoms with Crippen LogP contribution in [0.25, 0.3) is 0 Å². The summed E-state index contributed by atoms with van der Waals surface area (Å²) in [5, 5.41) is 4.98. The second-order valence-electron chi connectivity index (χ2n) is 4.96. The van der Waals surface area contributed by atoms with Gasteiger partial charge >= 0.3 is 0 Å². The Morgan fingerprint density at radius 3 is 2.19 bits per heavy atom. The Balaban J connectivity index is 2.08. The lowest BCUT2D eigenvalue weighted by Crippen LogP contribution is -2.40. The van der Waals surface area contributed by atoms with Gasteiger partial charge in [0.1, 0.15) is 27.2 Å². The van der Waals surface area contributed by atoms with Crippen molar-refractivity contribution in [3.8, 4) is 0 Å². The first-order valence-electron chi connectivity index (χ1n) is 6.50. The molecule has 0 aliphatic carbocycles. The molecule has 0 aromatic heterocycles. The largest absolute Gasteiger partial charge is 0.383 e. The molecule has 116 valence electrons. The summed E-state index contributed by atoms with van der Waals surface area (Å²) in [5.74, 6) is -2.29. The zero-order chi connectivity index (χ0) is 15.6. The molecule has 1 heterocycles. The summed E-state index contributed by atoms with van der Waals surface area (Å²) in [7, 11) is -1.64. The van der Waals surface area contributed by atoms with Gasteiger partial charge in [-0.15, -0.1) is 0 Å². The molecule has 1 aliphatic rings. The van der Waals surface area contributed by atoms with Gasteiger partial charge in [-0.2, -0.15) is 0 Å². The highest BCUT2D eigenvalue weighted by Gasteiger charge is 2.25. The molecule has 0 bridgehead atoms. The standard InChI is InChI=1S/C13H16F2N2O3S/c1-16-12-10(14)6-8(7-11(12)15)13(18)17-9-2-4-21(19,20)5-3-9/h6-7,9,16H,2-5H2,1H3,(H,17,18). The number of hydrogen-bond acceptors (Lipinski definition) is 4. The van der Waals surface area contributed by atoms with Crippen LogP contribution in [0.4, 0.5) is 14.5 Å². The zero-order valence-corrected chi connectivity index (χ0v) is 12.3. The average molecular weight is 318 g/mol. The second-order valence-corrected chi connectivity index (χ2v) is 7.27. The Bertz CT molecular complexity index is 624. The topological polar surface area (TPSA) is 75.3 Å². The number of halogens is 2. The van der Waals surface area contributed by atoms with Crippen molar-refractivity contribution in [2.24, 2.45) is 0 Å². The van der Waals surface area contributed by atoms with Gasteiger partial charge in [-0.3, -0.25) is 4.79 Å². The summed E-state index contributed by atoms with van der Waals surface area (Å²) >= 11 is 0. The van der Waals surface area contributed by atoms with Gasteiger partial charge in [0.2, 0.25) is 0 Å². The number of hydrogen-bond donors (Lipinski definition) is 2. The first-order valence-corrected chi connectivity index (χ1v) is 8.32. The summed E-state index contributed by atoms with van der Waals surface area (Å²) in [6.07, 6.45) is 0.626. The van der Waals surface area contributed by atoms with Crippen molar-refractivity contribution in [2.75, 3.05) is 23.9 Å². The molecule has 0 radical (unpaired) electrons. The summed E-state index contributed by atoms with van der Waals surface area (Å²) in [6, 6.07) is 1.60. The van der Waals surface area contributed by atoms with E-state index in [1.54, 1.807) is 0 Å². The van der Waals surface area contributed by atoms with Crippen LogP contribution >= 0.6 is 0 Å². The monoisotopic (exact) mass is 318 g/mol. The van der Waals surface area contributed by atoms with E-state index in [0.29, 0.717) is 12.8 Å². The third kappa shape index (κ3) is 3.69. The van der Waals surface area contributed by atoms with Gasteiger partial charge in [0.05, 0.1) is 11.5 Å². The average Bonchev–Trinajstić information content (AvgIpc) is 2.40. The molecule has 21 heavy (non-hydrogen) atoms. The Morgan fingerprint density at radius 2 is 1.71 bits per heavy atom. The van der Waals surface area contributed by atoms with Crippen LogP contribution in [-0.4, -0.2) is 38.9 Å². The van der Waals surface area contributed by atoms with E-state index in [1.807, 2.05) is 0 Å². The zero-order valence-electron chi connectivity index (χ0n) is 11.4. The molecule has 1 aromatic carbocycles. The van der Waals surface area contributed by atoms with Gasteiger partial charge in [0.25, 0.3) is 5.91 Å². The van der Waals surface area contributed by atoms with Gasteiger partial charge in [0, 0.05) is 18.7 Å². The van der Waals surface area contributed by atoms with E-state index in [0.717, 1.165) is 12.1 Å². The maximum atomic E-state index is 13.6. The summed E-state index contributed by atoms with van der Waals surface area (Å²) < 4.78 is 49.8. The number of benzene rings is 1. The Morgan fingerprint density at radius 1 is 1.19 bits per heavy atom. The third-order valence-corrected chi connectivity index (χ3v) is 5.16. The molecule has 1 aliphatic heterocycles. The van der Waals surface area contributed by atoms with Crippen LogP contribution < -0.4 is 10.6 Å². The minimum Gasteiger partial charge on any atom is -0.383 e. The molecule has 2 rings (SSSR count). The van der Waals surface area contributed by atoms with E-state index in [9.17, 15) is 22.0 Å². The Hall–Kier alpha value is -1.70. The van der Waals surface area contributed by atoms with Crippen LogP contribution in [0, 0.1) is 11.6 Å². The normalized spacial score (nSPS) is 18.2. The maximum absolute atomic E-state index is 13.6. The van der Waals surface area contributed by atoms with Crippen LogP contribution in [0.5, 0.6) is 0 Å². The van der Waals surface area contributed by atoms with Crippen molar-refractivity contribution >= 4 is 21.4 Å². The molecule has 1 fully saturated rings. The number of carbonyl (C=O) groups is 1. The number of carbonyl (C=O) groups excluding carboxylic acids is 1. The van der Waals surface area contributed by atoms with Gasteiger partial charge in [-0.1, -0.05) is 0 Å². The molecule has 8 heteroatoms. The van der Waals surface area contributed by atoms with Gasteiger partial charge in [-0.05, 0) is 25.0 Å². The van der Waals surface area contributed by atoms with Crippen LogP contribution in [0.2, 0.25) is 0 Å². The highest BCUT2D eigenvalue weighted by Crippen LogP contribution is 2.20. The summed E-state index contributed by atoms with van der Waals surface area (Å²) in [5.41, 5.74) is -0.423. The number of sulfone groups is 1. The molecule has 1 amide bonds. The lowest BCUT2D eigenvalue weighted by atomic mass is 10.1. The van der Waals surface area contributed by atoms with Crippen molar-refractivity contribution in [1.29, 1.82) is 0 Å². The maximum Gasteiger partial charge on any atom is 0.251 e. The number of nitrogens with one attached hydrogen (secondary N) is 2. The fourth-order valence-electron chi connectivity index (χ4n) is 2.25. The van der Waals surface area contributed by atoms with Crippen molar-refractivity contribution in [2.45, 2.75) is 18.9 Å².